The van der Waals surface area contributed by atoms with E-state index in [0.29, 0.717) is 0 Å². The van der Waals surface area contributed by atoms with E-state index in [9.17, 15) is 4.79 Å². The first-order chi connectivity index (χ1) is 7.79. The Balaban J connectivity index is 1.82. The third kappa shape index (κ3) is 2.82. The highest BCUT2D eigenvalue weighted by Gasteiger charge is 2.25. The number of carbonyl (C=O) groups is 1. The molecular weight excluding hydrogens is 220 g/mol. The van der Waals surface area contributed by atoms with Crippen LogP contribution >= 0.6 is 11.3 Å². The number of thiazole rings is 1. The fourth-order valence-electron chi connectivity index (χ4n) is 2.33. The number of amides is 1. The Hall–Kier alpha value is -0.900. The summed E-state index contributed by atoms with van der Waals surface area (Å²) in [7, 11) is 0. The average Bonchev–Trinajstić information content (AvgIpc) is 2.82. The van der Waals surface area contributed by atoms with Gasteiger partial charge in [-0.25, -0.2) is 4.98 Å². The summed E-state index contributed by atoms with van der Waals surface area (Å²) < 4.78 is 0. The molecule has 16 heavy (non-hydrogen) atoms. The summed E-state index contributed by atoms with van der Waals surface area (Å²) in [6.07, 6.45) is 7.44. The molecule has 1 saturated carbocycles. The zero-order valence-electron chi connectivity index (χ0n) is 9.61. The Morgan fingerprint density at radius 2 is 2.25 bits per heavy atom. The number of nitrogens with zero attached hydrogens (tertiary/aromatic N) is 1. The Bertz CT molecular complexity index is 329. The quantitative estimate of drug-likeness (QED) is 0.878. The van der Waals surface area contributed by atoms with Gasteiger partial charge in [-0.15, -0.1) is 11.3 Å². The number of aromatic nitrogens is 1. The van der Waals surface area contributed by atoms with E-state index in [2.05, 4.69) is 17.2 Å². The molecule has 0 bridgehead atoms. The molecule has 0 aromatic carbocycles. The van der Waals surface area contributed by atoms with Crippen LogP contribution in [0, 0.1) is 11.8 Å². The van der Waals surface area contributed by atoms with Crippen molar-refractivity contribution in [2.24, 2.45) is 11.8 Å². The van der Waals surface area contributed by atoms with Crippen molar-refractivity contribution in [3.05, 3.63) is 11.6 Å². The lowest BCUT2D eigenvalue weighted by Gasteiger charge is -2.26. The minimum atomic E-state index is 0.157. The molecule has 0 unspecified atom stereocenters. The van der Waals surface area contributed by atoms with Gasteiger partial charge in [0.05, 0.1) is 0 Å². The van der Waals surface area contributed by atoms with Crippen LogP contribution in [0.1, 0.15) is 39.0 Å². The fraction of sp³-hybridized carbons (Fsp3) is 0.667. The highest BCUT2D eigenvalue weighted by Crippen LogP contribution is 2.31. The van der Waals surface area contributed by atoms with E-state index in [-0.39, 0.29) is 11.8 Å². The fourth-order valence-corrected chi connectivity index (χ4v) is 2.86. The lowest BCUT2D eigenvalue weighted by atomic mass is 9.80. The third-order valence-corrected chi connectivity index (χ3v) is 4.15. The van der Waals surface area contributed by atoms with Crippen molar-refractivity contribution < 1.29 is 4.79 Å². The first-order valence-electron chi connectivity index (χ1n) is 6.00. The number of carbonyl (C=O) groups excluding carboxylic acids is 1. The van der Waals surface area contributed by atoms with Crippen LogP contribution in [0.5, 0.6) is 0 Å². The molecule has 88 valence electrons. The van der Waals surface area contributed by atoms with Gasteiger partial charge in [0, 0.05) is 17.5 Å². The molecule has 1 heterocycles. The van der Waals surface area contributed by atoms with Crippen LogP contribution in [0.3, 0.4) is 0 Å². The minimum absolute atomic E-state index is 0.157. The van der Waals surface area contributed by atoms with Gasteiger partial charge in [-0.3, -0.25) is 4.79 Å². The standard InChI is InChI=1S/C12H18N2OS/c1-2-9-3-5-10(6-4-9)11(15)14-12-13-7-8-16-12/h7-10H,2-6H2,1H3,(H,13,14,15). The summed E-state index contributed by atoms with van der Waals surface area (Å²) in [6.45, 7) is 2.24. The normalized spacial score (nSPS) is 25.3. The Labute approximate surface area is 100 Å². The molecular formula is C12H18N2OS. The van der Waals surface area contributed by atoms with Crippen LogP contribution in [-0.4, -0.2) is 10.9 Å². The van der Waals surface area contributed by atoms with E-state index in [1.807, 2.05) is 5.38 Å². The zero-order valence-corrected chi connectivity index (χ0v) is 10.4. The number of hydrogen-bond acceptors (Lipinski definition) is 3. The van der Waals surface area contributed by atoms with Gasteiger partial charge in [0.25, 0.3) is 0 Å². The maximum Gasteiger partial charge on any atom is 0.229 e. The van der Waals surface area contributed by atoms with E-state index < -0.39 is 0 Å². The van der Waals surface area contributed by atoms with Crippen molar-refractivity contribution in [3.8, 4) is 0 Å². The number of rotatable bonds is 3. The molecule has 1 aliphatic rings. The molecule has 0 atom stereocenters. The number of hydrogen-bond donors (Lipinski definition) is 1. The molecule has 4 heteroatoms. The summed E-state index contributed by atoms with van der Waals surface area (Å²) >= 11 is 1.48. The van der Waals surface area contributed by atoms with Crippen LogP contribution in [-0.2, 0) is 4.79 Å². The van der Waals surface area contributed by atoms with E-state index in [1.54, 1.807) is 6.20 Å². The molecule has 0 aliphatic heterocycles. The van der Waals surface area contributed by atoms with Crippen LogP contribution in [0.4, 0.5) is 5.13 Å². The second-order valence-corrected chi connectivity index (χ2v) is 5.35. The van der Waals surface area contributed by atoms with Crippen molar-refractivity contribution in [2.45, 2.75) is 39.0 Å². The van der Waals surface area contributed by atoms with E-state index in [4.69, 9.17) is 0 Å². The largest absolute Gasteiger partial charge is 0.302 e. The Morgan fingerprint density at radius 1 is 1.50 bits per heavy atom. The topological polar surface area (TPSA) is 42.0 Å². The van der Waals surface area contributed by atoms with Gasteiger partial charge in [-0.05, 0) is 31.6 Å². The lowest BCUT2D eigenvalue weighted by Crippen LogP contribution is -2.27. The van der Waals surface area contributed by atoms with Gasteiger partial charge in [0.1, 0.15) is 0 Å². The van der Waals surface area contributed by atoms with Crippen molar-refractivity contribution in [1.29, 1.82) is 0 Å². The predicted octanol–water partition coefficient (Wildman–Crippen LogP) is 3.30. The minimum Gasteiger partial charge on any atom is -0.302 e. The third-order valence-electron chi connectivity index (χ3n) is 3.46. The van der Waals surface area contributed by atoms with Crippen LogP contribution in [0.15, 0.2) is 11.6 Å². The summed E-state index contributed by atoms with van der Waals surface area (Å²) in [5.41, 5.74) is 0. The number of nitrogens with one attached hydrogen (secondary N) is 1. The molecule has 1 aromatic rings. The SMILES string of the molecule is CCC1CCC(C(=O)Nc2nccs2)CC1. The van der Waals surface area contributed by atoms with Crippen molar-refractivity contribution in [3.63, 3.8) is 0 Å². The van der Waals surface area contributed by atoms with E-state index in [0.717, 1.165) is 23.9 Å². The summed E-state index contributed by atoms with van der Waals surface area (Å²) in [5.74, 6) is 1.19. The molecule has 1 N–H and O–H groups in total. The first kappa shape index (κ1) is 11.6. The van der Waals surface area contributed by atoms with E-state index in [1.165, 1.54) is 30.6 Å². The van der Waals surface area contributed by atoms with Gasteiger partial charge >= 0.3 is 0 Å². The predicted molar refractivity (Wildman–Crippen MR) is 66.5 cm³/mol. The summed E-state index contributed by atoms with van der Waals surface area (Å²) in [5, 5.41) is 5.50. The van der Waals surface area contributed by atoms with Gasteiger partial charge in [-0.1, -0.05) is 13.3 Å². The average molecular weight is 238 g/mol. The molecule has 0 saturated heterocycles. The van der Waals surface area contributed by atoms with Gasteiger partial charge in [-0.2, -0.15) is 0 Å². The molecule has 0 radical (unpaired) electrons. The molecule has 2 rings (SSSR count). The van der Waals surface area contributed by atoms with Gasteiger partial charge in [0.2, 0.25) is 5.91 Å². The van der Waals surface area contributed by atoms with Crippen LogP contribution in [0.2, 0.25) is 0 Å². The van der Waals surface area contributed by atoms with Crippen molar-refractivity contribution >= 4 is 22.4 Å². The second-order valence-electron chi connectivity index (χ2n) is 4.45. The Kier molecular flexibility index (Phi) is 3.93. The van der Waals surface area contributed by atoms with Gasteiger partial charge in [0.15, 0.2) is 5.13 Å². The smallest absolute Gasteiger partial charge is 0.229 e. The highest BCUT2D eigenvalue weighted by atomic mass is 32.1. The summed E-state index contributed by atoms with van der Waals surface area (Å²) in [6, 6.07) is 0. The van der Waals surface area contributed by atoms with Gasteiger partial charge < -0.3 is 5.32 Å². The molecule has 1 amide bonds. The molecule has 1 aliphatic carbocycles. The molecule has 3 nitrogen and oxygen atoms in total. The van der Waals surface area contributed by atoms with E-state index >= 15 is 0 Å². The van der Waals surface area contributed by atoms with Crippen LogP contribution < -0.4 is 5.32 Å². The maximum atomic E-state index is 11.9. The van der Waals surface area contributed by atoms with Crippen molar-refractivity contribution in [1.82, 2.24) is 4.98 Å². The van der Waals surface area contributed by atoms with Crippen molar-refractivity contribution in [2.75, 3.05) is 5.32 Å². The monoisotopic (exact) mass is 238 g/mol. The lowest BCUT2D eigenvalue weighted by molar-refractivity contribution is -0.121. The molecule has 1 fully saturated rings. The Morgan fingerprint density at radius 3 is 2.81 bits per heavy atom. The highest BCUT2D eigenvalue weighted by molar-refractivity contribution is 7.13. The van der Waals surface area contributed by atoms with Crippen LogP contribution in [0.25, 0.3) is 0 Å². The molecule has 1 aromatic heterocycles. The second kappa shape index (κ2) is 5.43. The summed E-state index contributed by atoms with van der Waals surface area (Å²) in [4.78, 5) is 16.0. The first-order valence-corrected chi connectivity index (χ1v) is 6.88. The number of anilines is 1. The molecule has 0 spiro atoms. The zero-order chi connectivity index (χ0) is 11.4. The maximum absolute atomic E-state index is 11.9.